The van der Waals surface area contributed by atoms with Gasteiger partial charge in [0.05, 0.1) is 23.5 Å². The molecule has 0 aliphatic heterocycles. The maximum absolute atomic E-state index is 13.3. The highest BCUT2D eigenvalue weighted by Crippen LogP contribution is 2.19. The van der Waals surface area contributed by atoms with Crippen LogP contribution >= 0.6 is 11.5 Å². The molecule has 0 unspecified atom stereocenters. The average Bonchev–Trinajstić information content (AvgIpc) is 2.96. The highest BCUT2D eigenvalue weighted by molar-refractivity contribution is 7.08. The minimum Gasteiger partial charge on any atom is -0.320 e. The molecule has 0 bridgehead atoms. The van der Waals surface area contributed by atoms with Gasteiger partial charge < -0.3 is 11.1 Å². The molecule has 108 valence electrons. The van der Waals surface area contributed by atoms with Gasteiger partial charge in [-0.15, -0.1) is 5.10 Å². The van der Waals surface area contributed by atoms with Crippen LogP contribution in [0.4, 0.5) is 10.1 Å². The lowest BCUT2D eigenvalue weighted by atomic mass is 10.1. The van der Waals surface area contributed by atoms with E-state index in [2.05, 4.69) is 26.7 Å². The summed E-state index contributed by atoms with van der Waals surface area (Å²) in [6.07, 6.45) is 0.614. The Morgan fingerprint density at radius 2 is 2.33 bits per heavy atom. The van der Waals surface area contributed by atoms with Crippen LogP contribution in [0.15, 0.2) is 18.2 Å². The monoisotopic (exact) mass is 304 g/mol. The van der Waals surface area contributed by atoms with Crippen LogP contribution in [-0.4, -0.2) is 22.0 Å². The van der Waals surface area contributed by atoms with Gasteiger partial charge in [-0.05, 0) is 36.2 Å². The second-order valence-corrected chi connectivity index (χ2v) is 4.81. The molecule has 1 heterocycles. The maximum atomic E-state index is 13.3. The molecule has 21 heavy (non-hydrogen) atoms. The summed E-state index contributed by atoms with van der Waals surface area (Å²) in [7, 11) is 0. The van der Waals surface area contributed by atoms with E-state index in [0.29, 0.717) is 28.2 Å². The molecule has 2 rings (SSSR count). The first-order chi connectivity index (χ1) is 10.2. The number of hydrogen-bond donors (Lipinski definition) is 2. The number of halogens is 1. The van der Waals surface area contributed by atoms with E-state index in [-0.39, 0.29) is 12.5 Å². The highest BCUT2D eigenvalue weighted by Gasteiger charge is 2.16. The molecule has 2 aromatic rings. The molecule has 5 nitrogen and oxygen atoms in total. The van der Waals surface area contributed by atoms with Gasteiger partial charge in [-0.25, -0.2) is 4.39 Å². The van der Waals surface area contributed by atoms with Crippen LogP contribution in [-0.2, 0) is 6.42 Å². The molecular formula is C14H13FN4OS. The summed E-state index contributed by atoms with van der Waals surface area (Å²) >= 11 is 1.03. The molecule has 0 fully saturated rings. The molecule has 0 atom stereocenters. The number of aromatic nitrogens is 2. The van der Waals surface area contributed by atoms with Gasteiger partial charge in [-0.3, -0.25) is 4.79 Å². The van der Waals surface area contributed by atoms with E-state index in [1.165, 1.54) is 18.2 Å². The number of carbonyl (C=O) groups is 1. The standard InChI is InChI=1S/C14H13FN4OS/c1-2-11-13(21-19-18-11)14(20)17-12-6-5-10(15)8-9(12)4-3-7-16/h5-6,8H,2,7,16H2,1H3,(H,17,20). The van der Waals surface area contributed by atoms with Crippen molar-refractivity contribution < 1.29 is 9.18 Å². The van der Waals surface area contributed by atoms with Crippen LogP contribution in [0.1, 0.15) is 27.9 Å². The number of hydrogen-bond acceptors (Lipinski definition) is 5. The smallest absolute Gasteiger partial charge is 0.269 e. The van der Waals surface area contributed by atoms with E-state index in [1.807, 2.05) is 6.92 Å². The number of nitrogens with one attached hydrogen (secondary N) is 1. The lowest BCUT2D eigenvalue weighted by Gasteiger charge is -2.07. The zero-order valence-corrected chi connectivity index (χ0v) is 12.1. The largest absolute Gasteiger partial charge is 0.320 e. The minimum atomic E-state index is -0.428. The maximum Gasteiger partial charge on any atom is 0.269 e. The Hall–Kier alpha value is -2.30. The number of aryl methyl sites for hydroxylation is 1. The first-order valence-electron chi connectivity index (χ1n) is 6.26. The third-order valence-electron chi connectivity index (χ3n) is 2.65. The fourth-order valence-corrected chi connectivity index (χ4v) is 2.31. The molecule has 1 aromatic carbocycles. The Bertz CT molecular complexity index is 717. The first-order valence-corrected chi connectivity index (χ1v) is 7.04. The summed E-state index contributed by atoms with van der Waals surface area (Å²) < 4.78 is 17.0. The van der Waals surface area contributed by atoms with Crippen LogP contribution in [0, 0.1) is 17.7 Å². The third kappa shape index (κ3) is 3.62. The van der Waals surface area contributed by atoms with Gasteiger partial charge in [0.2, 0.25) is 0 Å². The molecule has 0 radical (unpaired) electrons. The van der Waals surface area contributed by atoms with Gasteiger partial charge in [0.1, 0.15) is 10.7 Å². The van der Waals surface area contributed by atoms with E-state index in [4.69, 9.17) is 5.73 Å². The van der Waals surface area contributed by atoms with Gasteiger partial charge >= 0.3 is 0 Å². The van der Waals surface area contributed by atoms with Crippen molar-refractivity contribution >= 4 is 23.1 Å². The average molecular weight is 304 g/mol. The van der Waals surface area contributed by atoms with Gasteiger partial charge in [0, 0.05) is 0 Å². The van der Waals surface area contributed by atoms with Crippen molar-refractivity contribution in [3.63, 3.8) is 0 Å². The summed E-state index contributed by atoms with van der Waals surface area (Å²) in [4.78, 5) is 12.7. The summed E-state index contributed by atoms with van der Waals surface area (Å²) in [6.45, 7) is 2.05. The van der Waals surface area contributed by atoms with Gasteiger partial charge in [0.15, 0.2) is 0 Å². The predicted octanol–water partition coefficient (Wildman–Crippen LogP) is 1.80. The number of anilines is 1. The van der Waals surface area contributed by atoms with Crippen LogP contribution < -0.4 is 11.1 Å². The first kappa shape index (κ1) is 15.1. The van der Waals surface area contributed by atoms with Crippen LogP contribution in [0.2, 0.25) is 0 Å². The van der Waals surface area contributed by atoms with Crippen molar-refractivity contribution in [1.29, 1.82) is 0 Å². The SMILES string of the molecule is CCc1nnsc1C(=O)Nc1ccc(F)cc1C#CCN. The molecule has 0 saturated heterocycles. The summed E-state index contributed by atoms with van der Waals surface area (Å²) in [5.74, 6) is 4.62. The van der Waals surface area contributed by atoms with Crippen molar-refractivity contribution in [2.75, 3.05) is 11.9 Å². The number of nitrogens with two attached hydrogens (primary N) is 1. The molecule has 0 saturated carbocycles. The number of benzene rings is 1. The Morgan fingerprint density at radius 1 is 1.52 bits per heavy atom. The quantitative estimate of drug-likeness (QED) is 0.847. The van der Waals surface area contributed by atoms with Crippen LogP contribution in [0.25, 0.3) is 0 Å². The van der Waals surface area contributed by atoms with Crippen molar-refractivity contribution in [2.45, 2.75) is 13.3 Å². The number of nitrogens with zero attached hydrogens (tertiary/aromatic N) is 2. The molecule has 1 amide bonds. The van der Waals surface area contributed by atoms with Gasteiger partial charge in [0.25, 0.3) is 5.91 Å². The Morgan fingerprint density at radius 3 is 3.05 bits per heavy atom. The summed E-state index contributed by atoms with van der Waals surface area (Å²) in [5, 5.41) is 6.59. The number of rotatable bonds is 3. The van der Waals surface area contributed by atoms with E-state index < -0.39 is 5.82 Å². The Kier molecular flexibility index (Phi) is 4.98. The zero-order valence-electron chi connectivity index (χ0n) is 11.3. The van der Waals surface area contributed by atoms with Gasteiger partial charge in [-0.1, -0.05) is 23.3 Å². The van der Waals surface area contributed by atoms with Crippen molar-refractivity contribution in [3.05, 3.63) is 40.2 Å². The second-order valence-electron chi connectivity index (χ2n) is 4.05. The topological polar surface area (TPSA) is 80.9 Å². The summed E-state index contributed by atoms with van der Waals surface area (Å²) in [6, 6.07) is 3.98. The second kappa shape index (κ2) is 6.92. The highest BCUT2D eigenvalue weighted by atomic mass is 32.1. The minimum absolute atomic E-state index is 0.155. The Labute approximate surface area is 125 Å². The molecular weight excluding hydrogens is 291 g/mol. The van der Waals surface area contributed by atoms with Crippen LogP contribution in [0.3, 0.4) is 0 Å². The molecule has 3 N–H and O–H groups in total. The summed E-state index contributed by atoms with van der Waals surface area (Å²) in [5.41, 5.74) is 6.75. The van der Waals surface area contributed by atoms with E-state index in [0.717, 1.165) is 11.5 Å². The van der Waals surface area contributed by atoms with Crippen molar-refractivity contribution in [2.24, 2.45) is 5.73 Å². The predicted molar refractivity (Wildman–Crippen MR) is 79.6 cm³/mol. The zero-order chi connectivity index (χ0) is 15.2. The molecule has 0 spiro atoms. The van der Waals surface area contributed by atoms with E-state index in [1.54, 1.807) is 0 Å². The molecule has 1 aromatic heterocycles. The van der Waals surface area contributed by atoms with E-state index in [9.17, 15) is 9.18 Å². The number of carbonyl (C=O) groups excluding carboxylic acids is 1. The number of amides is 1. The van der Waals surface area contributed by atoms with Crippen molar-refractivity contribution in [3.8, 4) is 11.8 Å². The van der Waals surface area contributed by atoms with Gasteiger partial charge in [-0.2, -0.15) is 0 Å². The molecule has 0 aliphatic rings. The normalized spacial score (nSPS) is 9.86. The Balaban J connectivity index is 2.29. The fourth-order valence-electron chi connectivity index (χ4n) is 1.67. The van der Waals surface area contributed by atoms with Crippen molar-refractivity contribution in [1.82, 2.24) is 9.59 Å². The fraction of sp³-hybridized carbons (Fsp3) is 0.214. The van der Waals surface area contributed by atoms with E-state index >= 15 is 0 Å². The lowest BCUT2D eigenvalue weighted by Crippen LogP contribution is -2.13. The third-order valence-corrected chi connectivity index (χ3v) is 3.42. The molecule has 7 heteroatoms. The molecule has 0 aliphatic carbocycles. The lowest BCUT2D eigenvalue weighted by molar-refractivity contribution is 0.102. The van der Waals surface area contributed by atoms with Crippen LogP contribution in [0.5, 0.6) is 0 Å².